The molecule has 0 saturated carbocycles. The number of halogens is 6. The minimum Gasteiger partial charge on any atom is -0.542 e. The largest absolute Gasteiger partial charge is 1.00 e. The number of carboxylic acids is 2. The number of rotatable bonds is 20. The van der Waals surface area contributed by atoms with E-state index in [4.69, 9.17) is 19.8 Å². The number of hydrogen-bond donors (Lipinski definition) is 0. The second-order valence-corrected chi connectivity index (χ2v) is 11.0. The van der Waals surface area contributed by atoms with Crippen molar-refractivity contribution in [2.75, 3.05) is 0 Å². The molecule has 0 unspecified atom stereocenters. The molecule has 0 N–H and O–H groups in total. The van der Waals surface area contributed by atoms with E-state index in [-0.39, 0.29) is 55.3 Å². The van der Waals surface area contributed by atoms with Gasteiger partial charge in [-0.15, -0.1) is 11.5 Å². The fourth-order valence-corrected chi connectivity index (χ4v) is 4.43. The predicted molar refractivity (Wildman–Crippen MR) is 158 cm³/mol. The Morgan fingerprint density at radius 1 is 0.457 bits per heavy atom. The van der Waals surface area contributed by atoms with Crippen LogP contribution in [-0.4, -0.2) is 24.3 Å². The molecular formula is C34H52F6Hg2O4. The third-order valence-corrected chi connectivity index (χ3v) is 6.92. The Labute approximate surface area is 313 Å². The van der Waals surface area contributed by atoms with Crippen molar-refractivity contribution in [2.45, 2.75) is 168 Å². The van der Waals surface area contributed by atoms with Crippen molar-refractivity contribution >= 4 is 11.9 Å². The van der Waals surface area contributed by atoms with Crippen molar-refractivity contribution in [2.24, 2.45) is 0 Å². The summed E-state index contributed by atoms with van der Waals surface area (Å²) in [7, 11) is 0. The number of aliphatic carboxylic acids is 2. The number of alkyl halides is 6. The Hall–Kier alpha value is -0.570. The standard InChI is InChI=1S/C30H52.2C2HF3O2.2Hg/c1-5-9-13-17-21-27-25-29(23-19-15-11-7-3)30(24-20-16-12-8-4)26-28(27)22-18-14-10-6-2;2*3-2(4,5)1(6)7;;/h5-24H2,1-4H3;2*(H,6,7);;/q;;;2*+1/p-2. The number of carbonyl (C=O) groups is 2. The van der Waals surface area contributed by atoms with E-state index in [0.29, 0.717) is 0 Å². The Morgan fingerprint density at radius 2 is 0.630 bits per heavy atom. The third kappa shape index (κ3) is 29.6. The topological polar surface area (TPSA) is 80.3 Å². The van der Waals surface area contributed by atoms with Gasteiger partial charge in [0, 0.05) is 22.3 Å². The van der Waals surface area contributed by atoms with Gasteiger partial charge in [0.1, 0.15) is 11.9 Å². The number of carbonyl (C=O) groups excluding carboxylic acids is 2. The summed E-state index contributed by atoms with van der Waals surface area (Å²) in [5, 5.41) is 17.6. The first-order chi connectivity index (χ1) is 20.6. The van der Waals surface area contributed by atoms with Gasteiger partial charge in [0.25, 0.3) is 0 Å². The van der Waals surface area contributed by atoms with E-state index < -0.39 is 24.3 Å². The first kappa shape index (κ1) is 52.2. The molecule has 258 valence electrons. The van der Waals surface area contributed by atoms with Gasteiger partial charge < -0.3 is 19.8 Å². The molecular weight excluding hydrogens is 988 g/mol. The van der Waals surface area contributed by atoms with Crippen LogP contribution in [0.15, 0.2) is 33.8 Å². The molecule has 0 fully saturated rings. The Morgan fingerprint density at radius 3 is 0.761 bits per heavy atom. The van der Waals surface area contributed by atoms with Crippen LogP contribution in [0.3, 0.4) is 0 Å². The van der Waals surface area contributed by atoms with E-state index in [1.54, 1.807) is 0 Å². The van der Waals surface area contributed by atoms with Crippen LogP contribution in [0.25, 0.3) is 0 Å². The van der Waals surface area contributed by atoms with Gasteiger partial charge in [-0.2, -0.15) is 26.3 Å². The smallest absolute Gasteiger partial charge is 0.542 e. The van der Waals surface area contributed by atoms with Crippen LogP contribution in [0.1, 0.15) is 156 Å². The zero-order chi connectivity index (χ0) is 34.0. The normalized spacial score (nSPS) is 12.4. The molecule has 0 amide bonds. The monoisotopic (exact) mass is 1040 g/mol. The second-order valence-electron chi connectivity index (χ2n) is 11.0. The average molecular weight is 1040 g/mol. The summed E-state index contributed by atoms with van der Waals surface area (Å²) < 4.78 is 63.1. The van der Waals surface area contributed by atoms with E-state index >= 15 is 0 Å². The Balaban J connectivity index is -0.000000458. The van der Waals surface area contributed by atoms with E-state index in [0.717, 1.165) is 0 Å². The quantitative estimate of drug-likeness (QED) is 0.0528. The molecule has 0 aliphatic heterocycles. The van der Waals surface area contributed by atoms with Gasteiger partial charge in [-0.05, 0) is 51.4 Å². The van der Waals surface area contributed by atoms with Gasteiger partial charge in [-0.3, -0.25) is 0 Å². The van der Waals surface area contributed by atoms with Crippen molar-refractivity contribution < 1.29 is 101 Å². The molecule has 0 bridgehead atoms. The molecule has 0 atom stereocenters. The summed E-state index contributed by atoms with van der Waals surface area (Å²) in [6.07, 6.45) is 16.0. The van der Waals surface area contributed by atoms with Crippen molar-refractivity contribution in [1.29, 1.82) is 0 Å². The summed E-state index contributed by atoms with van der Waals surface area (Å²) in [4.78, 5) is 17.6. The maximum atomic E-state index is 10.5. The molecule has 0 spiro atoms. The number of carboxylic acid groups (broad SMARTS) is 2. The van der Waals surface area contributed by atoms with Crippen molar-refractivity contribution in [3.05, 3.63) is 33.8 Å². The molecule has 1 aliphatic carbocycles. The minimum absolute atomic E-state index is 0. The van der Waals surface area contributed by atoms with Crippen LogP contribution in [0.5, 0.6) is 0 Å². The maximum Gasteiger partial charge on any atom is 1.00 e. The summed E-state index contributed by atoms with van der Waals surface area (Å²) in [5.41, 5.74) is 14.0. The van der Waals surface area contributed by atoms with Crippen LogP contribution < -0.4 is 10.2 Å². The molecule has 4 nitrogen and oxygen atoms in total. The van der Waals surface area contributed by atoms with E-state index in [2.05, 4.69) is 39.2 Å². The van der Waals surface area contributed by atoms with Crippen LogP contribution in [0, 0.1) is 0 Å². The van der Waals surface area contributed by atoms with E-state index in [9.17, 15) is 26.3 Å². The molecule has 46 heavy (non-hydrogen) atoms. The first-order valence-corrected chi connectivity index (χ1v) is 16.2. The van der Waals surface area contributed by atoms with Crippen molar-refractivity contribution in [3.8, 4) is 0 Å². The van der Waals surface area contributed by atoms with E-state index in [1.165, 1.54) is 151 Å². The summed E-state index contributed by atoms with van der Waals surface area (Å²) >= 11 is 0. The number of hydrogen-bond acceptors (Lipinski definition) is 4. The van der Waals surface area contributed by atoms with Gasteiger partial charge in [-0.1, -0.05) is 105 Å². The predicted octanol–water partition coefficient (Wildman–Crippen LogP) is 9.38. The fraction of sp³-hybridized carbons (Fsp3) is 0.765. The molecule has 0 aromatic rings. The van der Waals surface area contributed by atoms with Gasteiger partial charge in [-0.25, -0.2) is 0 Å². The van der Waals surface area contributed by atoms with Crippen molar-refractivity contribution in [3.63, 3.8) is 0 Å². The third-order valence-electron chi connectivity index (χ3n) is 6.92. The van der Waals surface area contributed by atoms with Crippen LogP contribution in [0.4, 0.5) is 26.3 Å². The fourth-order valence-electron chi connectivity index (χ4n) is 4.43. The summed E-state index contributed by atoms with van der Waals surface area (Å²) in [6.45, 7) is 9.23. The van der Waals surface area contributed by atoms with Crippen LogP contribution in [-0.2, 0) is 64.9 Å². The van der Waals surface area contributed by atoms with Gasteiger partial charge in [0.05, 0.1) is 0 Å². The molecule has 12 heteroatoms. The van der Waals surface area contributed by atoms with Crippen molar-refractivity contribution in [1.82, 2.24) is 0 Å². The summed E-state index contributed by atoms with van der Waals surface area (Å²) in [6, 6.07) is 0. The van der Waals surface area contributed by atoms with Gasteiger partial charge in [0.15, 0.2) is 0 Å². The molecule has 0 heterocycles. The summed E-state index contributed by atoms with van der Waals surface area (Å²) in [5.74, 6) is -6.01. The number of unbranched alkanes of at least 4 members (excludes halogenated alkanes) is 12. The van der Waals surface area contributed by atoms with E-state index in [1.807, 2.05) is 0 Å². The van der Waals surface area contributed by atoms with Gasteiger partial charge >= 0.3 is 67.7 Å². The average Bonchev–Trinajstić information content (AvgIpc) is 2.94. The van der Waals surface area contributed by atoms with Gasteiger partial charge in [0.2, 0.25) is 0 Å². The van der Waals surface area contributed by atoms with Crippen LogP contribution >= 0.6 is 0 Å². The molecule has 1 aliphatic rings. The molecule has 0 saturated heterocycles. The van der Waals surface area contributed by atoms with Crippen LogP contribution in [0.2, 0.25) is 0 Å². The zero-order valence-electron chi connectivity index (χ0n) is 28.5. The first-order valence-electron chi connectivity index (χ1n) is 16.2. The maximum absolute atomic E-state index is 10.5. The Kier molecular flexibility index (Phi) is 36.0. The minimum atomic E-state index is -5.19. The second kappa shape index (κ2) is 31.7. The molecule has 0 aromatic carbocycles. The Bertz CT molecular complexity index is 826. The number of allylic oxidation sites excluding steroid dienone is 2. The SMILES string of the molecule is CCCCCCC1=C=C(CCCCCC)C(CCCCCC)=C=C1CCCCCC.O=C([O-])C(F)(F)F.O=C([O-])C(F)(F)F.[Hg+].[Hg+]. The molecule has 2 radical (unpaired) electrons. The zero-order valence-corrected chi connectivity index (χ0v) is 39.5. The molecule has 1 rings (SSSR count). The molecule has 0 aromatic heterocycles.